The number of nitrogen functional groups attached to an aromatic ring is 1. The van der Waals surface area contributed by atoms with E-state index in [-0.39, 0.29) is 0 Å². The minimum Gasteiger partial charge on any atom is -0.399 e. The summed E-state index contributed by atoms with van der Waals surface area (Å²) in [6, 6.07) is 5.75. The van der Waals surface area contributed by atoms with Gasteiger partial charge in [-0.05, 0) is 30.7 Å². The predicted octanol–water partition coefficient (Wildman–Crippen LogP) is 1.38. The van der Waals surface area contributed by atoms with Gasteiger partial charge in [-0.25, -0.2) is 0 Å². The number of hydrogen-bond donors (Lipinski definition) is 3. The van der Waals surface area contributed by atoms with Crippen LogP contribution in [0.2, 0.25) is 0 Å². The second kappa shape index (κ2) is 2.50. The molecule has 5 N–H and O–H groups in total. The molecule has 0 saturated carbocycles. The van der Waals surface area contributed by atoms with Gasteiger partial charge >= 0.3 is 0 Å². The van der Waals surface area contributed by atoms with Gasteiger partial charge in [0.2, 0.25) is 0 Å². The lowest BCUT2D eigenvalue weighted by molar-refractivity contribution is 0.671. The SMILES string of the molecule is CC1(N)C=Cc2ccc(N)cc2N1. The highest BCUT2D eigenvalue weighted by atomic mass is 15.1. The van der Waals surface area contributed by atoms with E-state index in [1.54, 1.807) is 0 Å². The summed E-state index contributed by atoms with van der Waals surface area (Å²) in [5, 5.41) is 3.19. The van der Waals surface area contributed by atoms with Crippen molar-refractivity contribution in [2.45, 2.75) is 12.6 Å². The second-order valence-electron chi connectivity index (χ2n) is 3.59. The van der Waals surface area contributed by atoms with Gasteiger partial charge in [0.1, 0.15) is 5.66 Å². The molecule has 3 heteroatoms. The fourth-order valence-electron chi connectivity index (χ4n) is 1.42. The van der Waals surface area contributed by atoms with Crippen LogP contribution in [0.4, 0.5) is 11.4 Å². The van der Waals surface area contributed by atoms with Crippen LogP contribution in [0.25, 0.3) is 6.08 Å². The van der Waals surface area contributed by atoms with E-state index in [9.17, 15) is 0 Å². The van der Waals surface area contributed by atoms with Crippen molar-refractivity contribution < 1.29 is 0 Å². The predicted molar refractivity (Wildman–Crippen MR) is 56.1 cm³/mol. The molecule has 0 radical (unpaired) electrons. The first-order valence-electron chi connectivity index (χ1n) is 4.23. The van der Waals surface area contributed by atoms with Crippen molar-refractivity contribution in [1.82, 2.24) is 0 Å². The van der Waals surface area contributed by atoms with Crippen molar-refractivity contribution in [3.63, 3.8) is 0 Å². The van der Waals surface area contributed by atoms with Crippen molar-refractivity contribution in [2.75, 3.05) is 11.1 Å². The quantitative estimate of drug-likeness (QED) is 0.522. The minimum absolute atomic E-state index is 0.471. The molecule has 1 aromatic rings. The number of nitrogens with one attached hydrogen (secondary N) is 1. The van der Waals surface area contributed by atoms with Crippen molar-refractivity contribution in [3.8, 4) is 0 Å². The molecule has 1 heterocycles. The van der Waals surface area contributed by atoms with E-state index in [4.69, 9.17) is 11.5 Å². The van der Waals surface area contributed by atoms with Crippen molar-refractivity contribution in [3.05, 3.63) is 29.8 Å². The Morgan fingerprint density at radius 2 is 2.15 bits per heavy atom. The fraction of sp³-hybridized carbons (Fsp3) is 0.200. The van der Waals surface area contributed by atoms with Crippen LogP contribution >= 0.6 is 0 Å². The van der Waals surface area contributed by atoms with E-state index in [0.717, 1.165) is 16.9 Å². The molecular formula is C10H13N3. The lowest BCUT2D eigenvalue weighted by Gasteiger charge is -2.28. The Morgan fingerprint density at radius 1 is 1.38 bits per heavy atom. The number of benzene rings is 1. The third kappa shape index (κ3) is 1.51. The molecule has 1 atom stereocenters. The van der Waals surface area contributed by atoms with E-state index >= 15 is 0 Å². The van der Waals surface area contributed by atoms with Crippen LogP contribution in [-0.2, 0) is 0 Å². The summed E-state index contributed by atoms with van der Waals surface area (Å²) < 4.78 is 0. The third-order valence-electron chi connectivity index (χ3n) is 2.09. The molecule has 0 aromatic heterocycles. The maximum atomic E-state index is 5.90. The highest BCUT2D eigenvalue weighted by molar-refractivity contribution is 5.74. The van der Waals surface area contributed by atoms with Crippen LogP contribution in [-0.4, -0.2) is 5.66 Å². The number of hydrogen-bond acceptors (Lipinski definition) is 3. The van der Waals surface area contributed by atoms with Crippen LogP contribution < -0.4 is 16.8 Å². The van der Waals surface area contributed by atoms with Crippen molar-refractivity contribution in [1.29, 1.82) is 0 Å². The molecule has 0 bridgehead atoms. The summed E-state index contributed by atoms with van der Waals surface area (Å²) in [6.45, 7) is 1.91. The largest absolute Gasteiger partial charge is 0.399 e. The van der Waals surface area contributed by atoms with Gasteiger partial charge in [-0.15, -0.1) is 0 Å². The van der Waals surface area contributed by atoms with Gasteiger partial charge in [0.15, 0.2) is 0 Å². The summed E-state index contributed by atoms with van der Waals surface area (Å²) in [5.41, 5.74) is 14.0. The molecule has 0 fully saturated rings. The Morgan fingerprint density at radius 3 is 2.92 bits per heavy atom. The summed E-state index contributed by atoms with van der Waals surface area (Å²) in [5.74, 6) is 0. The molecule has 3 nitrogen and oxygen atoms in total. The fourth-order valence-corrected chi connectivity index (χ4v) is 1.42. The molecule has 0 saturated heterocycles. The Bertz CT molecular complexity index is 366. The third-order valence-corrected chi connectivity index (χ3v) is 2.09. The zero-order valence-electron chi connectivity index (χ0n) is 7.54. The highest BCUT2D eigenvalue weighted by Gasteiger charge is 2.18. The van der Waals surface area contributed by atoms with E-state index < -0.39 is 5.66 Å². The van der Waals surface area contributed by atoms with Crippen LogP contribution in [0.1, 0.15) is 12.5 Å². The van der Waals surface area contributed by atoms with Gasteiger partial charge < -0.3 is 16.8 Å². The van der Waals surface area contributed by atoms with Crippen molar-refractivity contribution in [2.24, 2.45) is 5.73 Å². The zero-order valence-corrected chi connectivity index (χ0v) is 7.54. The van der Waals surface area contributed by atoms with Gasteiger partial charge in [0, 0.05) is 11.4 Å². The van der Waals surface area contributed by atoms with Crippen molar-refractivity contribution >= 4 is 17.5 Å². The van der Waals surface area contributed by atoms with Crippen LogP contribution in [0.15, 0.2) is 24.3 Å². The first-order chi connectivity index (χ1) is 6.07. The average Bonchev–Trinajstić information content (AvgIpc) is 2.01. The average molecular weight is 175 g/mol. The molecule has 0 spiro atoms. The molecule has 1 unspecified atom stereocenters. The number of rotatable bonds is 0. The van der Waals surface area contributed by atoms with Gasteiger partial charge in [0.25, 0.3) is 0 Å². The van der Waals surface area contributed by atoms with Crippen LogP contribution in [0, 0.1) is 0 Å². The summed E-state index contributed by atoms with van der Waals surface area (Å²) in [4.78, 5) is 0. The molecule has 0 amide bonds. The number of nitrogens with two attached hydrogens (primary N) is 2. The monoisotopic (exact) mass is 175 g/mol. The highest BCUT2D eigenvalue weighted by Crippen LogP contribution is 2.27. The molecule has 1 aliphatic heterocycles. The standard InChI is InChI=1S/C10H13N3/c1-10(12)5-4-7-2-3-8(11)6-9(7)13-10/h2-6,13H,11-12H2,1H3. The maximum Gasteiger partial charge on any atom is 0.102 e. The topological polar surface area (TPSA) is 64.1 Å². The zero-order chi connectivity index (χ0) is 9.47. The molecule has 1 aliphatic rings. The Hall–Kier alpha value is -1.48. The van der Waals surface area contributed by atoms with Gasteiger partial charge in [-0.1, -0.05) is 12.1 Å². The van der Waals surface area contributed by atoms with Gasteiger partial charge in [0.05, 0.1) is 0 Å². The van der Waals surface area contributed by atoms with E-state index in [1.807, 2.05) is 37.3 Å². The first-order valence-corrected chi connectivity index (χ1v) is 4.23. The molecule has 0 aliphatic carbocycles. The van der Waals surface area contributed by atoms with Crippen LogP contribution in [0.3, 0.4) is 0 Å². The number of fused-ring (bicyclic) bond motifs is 1. The summed E-state index contributed by atoms with van der Waals surface area (Å²) in [6.07, 6.45) is 3.94. The minimum atomic E-state index is -0.471. The van der Waals surface area contributed by atoms with E-state index in [0.29, 0.717) is 0 Å². The Labute approximate surface area is 77.4 Å². The number of anilines is 2. The molecule has 13 heavy (non-hydrogen) atoms. The molecule has 2 rings (SSSR count). The molecular weight excluding hydrogens is 162 g/mol. The lowest BCUT2D eigenvalue weighted by atomic mass is 10.0. The molecule has 1 aromatic carbocycles. The van der Waals surface area contributed by atoms with Crippen LogP contribution in [0.5, 0.6) is 0 Å². The Kier molecular flexibility index (Phi) is 1.57. The summed E-state index contributed by atoms with van der Waals surface area (Å²) >= 11 is 0. The first kappa shape index (κ1) is 8.13. The maximum absolute atomic E-state index is 5.90. The Balaban J connectivity index is 2.48. The smallest absolute Gasteiger partial charge is 0.102 e. The van der Waals surface area contributed by atoms with Gasteiger partial charge in [-0.2, -0.15) is 0 Å². The normalized spacial score (nSPS) is 25.1. The molecule has 68 valence electrons. The second-order valence-corrected chi connectivity index (χ2v) is 3.59. The summed E-state index contributed by atoms with van der Waals surface area (Å²) in [7, 11) is 0. The van der Waals surface area contributed by atoms with E-state index in [1.165, 1.54) is 0 Å². The van der Waals surface area contributed by atoms with Gasteiger partial charge in [-0.3, -0.25) is 0 Å². The lowest BCUT2D eigenvalue weighted by Crippen LogP contribution is -2.43. The van der Waals surface area contributed by atoms with E-state index in [2.05, 4.69) is 5.32 Å².